The zero-order valence-electron chi connectivity index (χ0n) is 12.8. The molecule has 8 nitrogen and oxygen atoms in total. The number of pyridine rings is 1. The van der Waals surface area contributed by atoms with Gasteiger partial charge in [-0.25, -0.2) is 4.98 Å². The number of aromatic nitrogens is 3. The molecule has 0 unspecified atom stereocenters. The molecule has 1 aromatic carbocycles. The van der Waals surface area contributed by atoms with E-state index in [1.807, 2.05) is 6.07 Å². The molecule has 0 radical (unpaired) electrons. The van der Waals surface area contributed by atoms with E-state index in [-0.39, 0.29) is 16.8 Å². The number of nitrogen functional groups attached to an aromatic ring is 1. The molecule has 126 valence electrons. The summed E-state index contributed by atoms with van der Waals surface area (Å²) >= 11 is 5.86. The van der Waals surface area contributed by atoms with E-state index in [1.165, 1.54) is 12.3 Å². The number of rotatable bonds is 5. The molecule has 3 aromatic rings. The van der Waals surface area contributed by atoms with Gasteiger partial charge in [-0.3, -0.25) is 9.78 Å². The average Bonchev–Trinajstić information content (AvgIpc) is 2.54. The Hall–Kier alpha value is -3.39. The Labute approximate surface area is 147 Å². The van der Waals surface area contributed by atoms with E-state index >= 15 is 0 Å². The van der Waals surface area contributed by atoms with Gasteiger partial charge in [-0.2, -0.15) is 4.98 Å². The first kappa shape index (κ1) is 16.5. The lowest BCUT2D eigenvalue weighted by atomic mass is 10.3. The summed E-state index contributed by atoms with van der Waals surface area (Å²) in [6.07, 6.45) is 1.45. The molecular weight excluding hydrogens is 344 g/mol. The second-order valence-corrected chi connectivity index (χ2v) is 5.32. The number of hydrogen-bond acceptors (Lipinski definition) is 7. The Morgan fingerprint density at radius 1 is 1.12 bits per heavy atom. The van der Waals surface area contributed by atoms with Gasteiger partial charge >= 0.3 is 0 Å². The fraction of sp³-hybridized carbons (Fsp3) is 0. The molecule has 2 heterocycles. The van der Waals surface area contributed by atoms with Crippen LogP contribution in [-0.2, 0) is 0 Å². The molecule has 9 heteroatoms. The quantitative estimate of drug-likeness (QED) is 0.599. The monoisotopic (exact) mass is 356 g/mol. The summed E-state index contributed by atoms with van der Waals surface area (Å²) in [5.74, 6) is 0.877. The second kappa shape index (κ2) is 7.02. The van der Waals surface area contributed by atoms with Gasteiger partial charge in [0, 0.05) is 30.1 Å². The first-order valence-corrected chi connectivity index (χ1v) is 7.48. The molecule has 0 saturated carbocycles. The summed E-state index contributed by atoms with van der Waals surface area (Å²) in [5, 5.41) is 3.29. The van der Waals surface area contributed by atoms with Crippen LogP contribution < -0.4 is 21.5 Å². The third-order valence-corrected chi connectivity index (χ3v) is 3.23. The van der Waals surface area contributed by atoms with Crippen LogP contribution in [0.25, 0.3) is 0 Å². The topological polar surface area (TPSA) is 129 Å². The Kier molecular flexibility index (Phi) is 4.62. The van der Waals surface area contributed by atoms with Gasteiger partial charge in [0.1, 0.15) is 28.2 Å². The van der Waals surface area contributed by atoms with Gasteiger partial charge in [0.25, 0.3) is 5.91 Å². The predicted molar refractivity (Wildman–Crippen MR) is 94.0 cm³/mol. The van der Waals surface area contributed by atoms with Crippen molar-refractivity contribution in [2.75, 3.05) is 11.1 Å². The molecule has 0 aliphatic rings. The molecule has 0 saturated heterocycles. The Morgan fingerprint density at radius 3 is 2.68 bits per heavy atom. The number of nitrogens with zero attached hydrogens (tertiary/aromatic N) is 3. The van der Waals surface area contributed by atoms with Gasteiger partial charge in [0.05, 0.1) is 0 Å². The normalized spacial score (nSPS) is 10.3. The first-order chi connectivity index (χ1) is 12.0. The zero-order chi connectivity index (χ0) is 17.8. The zero-order valence-corrected chi connectivity index (χ0v) is 13.6. The van der Waals surface area contributed by atoms with E-state index in [4.69, 9.17) is 27.8 Å². The van der Waals surface area contributed by atoms with Crippen LogP contribution in [0, 0.1) is 0 Å². The maximum Gasteiger partial charge on any atom is 0.267 e. The highest BCUT2D eigenvalue weighted by Gasteiger charge is 2.06. The van der Waals surface area contributed by atoms with E-state index in [0.717, 1.165) is 0 Å². The molecule has 0 bridgehead atoms. The van der Waals surface area contributed by atoms with E-state index in [9.17, 15) is 4.79 Å². The molecule has 3 rings (SSSR count). The molecule has 0 atom stereocenters. The second-order valence-electron chi connectivity index (χ2n) is 4.93. The minimum Gasteiger partial charge on any atom is -0.457 e. The summed E-state index contributed by atoms with van der Waals surface area (Å²) in [7, 11) is 0. The number of nitrogens with two attached hydrogens (primary N) is 2. The fourth-order valence-electron chi connectivity index (χ4n) is 2.03. The first-order valence-electron chi connectivity index (χ1n) is 7.10. The molecule has 25 heavy (non-hydrogen) atoms. The molecule has 0 fully saturated rings. The Balaban J connectivity index is 1.79. The molecule has 5 N–H and O–H groups in total. The van der Waals surface area contributed by atoms with Crippen LogP contribution in [0.15, 0.2) is 48.7 Å². The highest BCUT2D eigenvalue weighted by molar-refractivity contribution is 6.29. The van der Waals surface area contributed by atoms with Crippen LogP contribution in [0.4, 0.5) is 17.5 Å². The Bertz CT molecular complexity index is 914. The third kappa shape index (κ3) is 4.33. The van der Waals surface area contributed by atoms with Crippen molar-refractivity contribution in [2.45, 2.75) is 0 Å². The van der Waals surface area contributed by atoms with Gasteiger partial charge in [-0.05, 0) is 18.2 Å². The van der Waals surface area contributed by atoms with Gasteiger partial charge < -0.3 is 21.5 Å². The van der Waals surface area contributed by atoms with Crippen molar-refractivity contribution in [3.8, 4) is 11.5 Å². The predicted octanol–water partition coefficient (Wildman–Crippen LogP) is 2.74. The van der Waals surface area contributed by atoms with Crippen LogP contribution in [0.1, 0.15) is 10.5 Å². The molecule has 2 aromatic heterocycles. The number of carbonyl (C=O) groups excluding carboxylic acids is 1. The van der Waals surface area contributed by atoms with Crippen molar-refractivity contribution < 1.29 is 9.53 Å². The van der Waals surface area contributed by atoms with Crippen molar-refractivity contribution in [1.29, 1.82) is 0 Å². The lowest BCUT2D eigenvalue weighted by molar-refractivity contribution is 0.0995. The van der Waals surface area contributed by atoms with E-state index < -0.39 is 5.91 Å². The maximum atomic E-state index is 11.2. The van der Waals surface area contributed by atoms with Gasteiger partial charge in [0.2, 0.25) is 5.95 Å². The summed E-state index contributed by atoms with van der Waals surface area (Å²) in [4.78, 5) is 22.9. The van der Waals surface area contributed by atoms with Crippen LogP contribution in [0.5, 0.6) is 11.5 Å². The molecule has 1 amide bonds. The molecule has 0 spiro atoms. The number of carbonyl (C=O) groups is 1. The van der Waals surface area contributed by atoms with Crippen molar-refractivity contribution in [2.24, 2.45) is 5.73 Å². The summed E-state index contributed by atoms with van der Waals surface area (Å²) in [6.45, 7) is 0. The van der Waals surface area contributed by atoms with Crippen molar-refractivity contribution in [3.05, 3.63) is 59.5 Å². The van der Waals surface area contributed by atoms with Crippen molar-refractivity contribution in [1.82, 2.24) is 15.0 Å². The van der Waals surface area contributed by atoms with Crippen molar-refractivity contribution >= 4 is 35.0 Å². The maximum absolute atomic E-state index is 11.2. The van der Waals surface area contributed by atoms with Gasteiger partial charge in [-0.15, -0.1) is 0 Å². The van der Waals surface area contributed by atoms with E-state index in [2.05, 4.69) is 20.3 Å². The highest BCUT2D eigenvalue weighted by atomic mass is 35.5. The fourth-order valence-corrected chi connectivity index (χ4v) is 2.22. The SMILES string of the molecule is NC(=O)c1cc(Oc2cccc(Nc3cc(Cl)nc(N)n3)c2)ccn1. The minimum absolute atomic E-state index is 0.0678. The number of nitrogens with one attached hydrogen (secondary N) is 1. The third-order valence-electron chi connectivity index (χ3n) is 3.04. The van der Waals surface area contributed by atoms with Crippen LogP contribution in [0.3, 0.4) is 0 Å². The largest absolute Gasteiger partial charge is 0.457 e. The number of ether oxygens (including phenoxy) is 1. The van der Waals surface area contributed by atoms with Gasteiger partial charge in [-0.1, -0.05) is 17.7 Å². The minimum atomic E-state index is -0.626. The van der Waals surface area contributed by atoms with Crippen LogP contribution >= 0.6 is 11.6 Å². The average molecular weight is 357 g/mol. The lowest BCUT2D eigenvalue weighted by Crippen LogP contribution is -2.12. The van der Waals surface area contributed by atoms with E-state index in [1.54, 1.807) is 30.3 Å². The summed E-state index contributed by atoms with van der Waals surface area (Å²) in [5.41, 5.74) is 11.6. The Morgan fingerprint density at radius 2 is 1.92 bits per heavy atom. The number of anilines is 3. The number of amides is 1. The molecule has 0 aliphatic heterocycles. The van der Waals surface area contributed by atoms with Gasteiger partial charge in [0.15, 0.2) is 0 Å². The lowest BCUT2D eigenvalue weighted by Gasteiger charge is -2.10. The number of hydrogen-bond donors (Lipinski definition) is 3. The van der Waals surface area contributed by atoms with Crippen LogP contribution in [0.2, 0.25) is 5.15 Å². The highest BCUT2D eigenvalue weighted by Crippen LogP contribution is 2.26. The molecular formula is C16H13ClN6O2. The summed E-state index contributed by atoms with van der Waals surface area (Å²) in [6, 6.07) is 11.8. The standard InChI is InChI=1S/C16H13ClN6O2/c17-13-8-14(23-16(19)22-13)21-9-2-1-3-10(6-9)25-11-4-5-20-12(7-11)15(18)24/h1-8H,(H2,18,24)(H3,19,21,22,23). The number of primary amides is 1. The van der Waals surface area contributed by atoms with Crippen molar-refractivity contribution in [3.63, 3.8) is 0 Å². The number of benzene rings is 1. The summed E-state index contributed by atoms with van der Waals surface area (Å²) < 4.78 is 5.72. The smallest absolute Gasteiger partial charge is 0.267 e. The number of halogens is 1. The van der Waals surface area contributed by atoms with Crippen LogP contribution in [-0.4, -0.2) is 20.9 Å². The molecule has 0 aliphatic carbocycles. The van der Waals surface area contributed by atoms with E-state index in [0.29, 0.717) is 23.0 Å².